The second-order valence-corrected chi connectivity index (χ2v) is 5.21. The second kappa shape index (κ2) is 5.14. The van der Waals surface area contributed by atoms with Crippen molar-refractivity contribution in [3.05, 3.63) is 12.2 Å². The zero-order chi connectivity index (χ0) is 12.3. The highest BCUT2D eigenvalue weighted by Gasteiger charge is 2.34. The van der Waals surface area contributed by atoms with Crippen LogP contribution in [-0.2, 0) is 11.2 Å². The van der Waals surface area contributed by atoms with Gasteiger partial charge >= 0.3 is 0 Å². The van der Waals surface area contributed by atoms with Crippen molar-refractivity contribution in [3.63, 3.8) is 0 Å². The lowest BCUT2D eigenvalue weighted by Crippen LogP contribution is -2.38. The van der Waals surface area contributed by atoms with Crippen molar-refractivity contribution in [2.24, 2.45) is 5.41 Å². The summed E-state index contributed by atoms with van der Waals surface area (Å²) in [7, 11) is 0. The van der Waals surface area contributed by atoms with E-state index in [2.05, 4.69) is 23.9 Å². The molecule has 0 aromatic carbocycles. The molecule has 0 bridgehead atoms. The number of aliphatic hydroxyl groups excluding tert-OH is 1. The molecule has 0 spiro atoms. The van der Waals surface area contributed by atoms with Crippen molar-refractivity contribution in [2.45, 2.75) is 39.2 Å². The second-order valence-electron chi connectivity index (χ2n) is 5.21. The smallest absolute Gasteiger partial charge is 0.138 e. The van der Waals surface area contributed by atoms with E-state index in [0.29, 0.717) is 12.6 Å². The fourth-order valence-corrected chi connectivity index (χ4v) is 2.40. The van der Waals surface area contributed by atoms with Gasteiger partial charge in [0.1, 0.15) is 12.2 Å². The summed E-state index contributed by atoms with van der Waals surface area (Å²) < 4.78 is 7.43. The summed E-state index contributed by atoms with van der Waals surface area (Å²) in [5.41, 5.74) is -0.169. The number of hydrogen-bond donors (Lipinski definition) is 1. The molecule has 5 heteroatoms. The number of aromatic nitrogens is 3. The number of aliphatic hydroxyl groups is 1. The van der Waals surface area contributed by atoms with Crippen molar-refractivity contribution in [2.75, 3.05) is 19.8 Å². The van der Waals surface area contributed by atoms with Gasteiger partial charge in [-0.1, -0.05) is 0 Å². The van der Waals surface area contributed by atoms with Gasteiger partial charge < -0.3 is 9.84 Å². The fraction of sp³-hybridized carbons (Fsp3) is 0.833. The van der Waals surface area contributed by atoms with Crippen LogP contribution in [-0.4, -0.2) is 39.7 Å². The molecule has 17 heavy (non-hydrogen) atoms. The van der Waals surface area contributed by atoms with Crippen LogP contribution in [0.4, 0.5) is 0 Å². The van der Waals surface area contributed by atoms with Crippen molar-refractivity contribution in [1.29, 1.82) is 0 Å². The number of ether oxygens (including phenoxy) is 1. The Morgan fingerprint density at radius 3 is 3.00 bits per heavy atom. The Bertz CT molecular complexity index is 356. The van der Waals surface area contributed by atoms with Crippen molar-refractivity contribution in [3.8, 4) is 0 Å². The van der Waals surface area contributed by atoms with Crippen LogP contribution in [0.25, 0.3) is 0 Å². The highest BCUT2D eigenvalue weighted by molar-refractivity contribution is 4.96. The molecule has 1 atom stereocenters. The number of nitrogens with zero attached hydrogens (tertiary/aromatic N) is 3. The van der Waals surface area contributed by atoms with Crippen LogP contribution in [0, 0.1) is 5.41 Å². The molecule has 0 saturated carbocycles. The molecule has 1 N–H and O–H groups in total. The zero-order valence-electron chi connectivity index (χ0n) is 10.6. The molecule has 1 unspecified atom stereocenters. The molecule has 0 radical (unpaired) electrons. The third kappa shape index (κ3) is 2.66. The number of hydrogen-bond acceptors (Lipinski definition) is 4. The maximum absolute atomic E-state index is 9.63. The molecule has 1 fully saturated rings. The molecule has 0 amide bonds. The van der Waals surface area contributed by atoms with E-state index in [1.165, 1.54) is 0 Å². The Kier molecular flexibility index (Phi) is 3.79. The van der Waals surface area contributed by atoms with Gasteiger partial charge in [-0.2, -0.15) is 5.10 Å². The third-order valence-electron chi connectivity index (χ3n) is 3.41. The summed E-state index contributed by atoms with van der Waals surface area (Å²) in [5.74, 6) is 0.944. The summed E-state index contributed by atoms with van der Waals surface area (Å²) in [4.78, 5) is 4.31. The predicted molar refractivity (Wildman–Crippen MR) is 63.7 cm³/mol. The van der Waals surface area contributed by atoms with E-state index in [9.17, 15) is 5.11 Å². The molecule has 1 saturated heterocycles. The maximum Gasteiger partial charge on any atom is 0.138 e. The highest BCUT2D eigenvalue weighted by Crippen LogP contribution is 2.31. The minimum atomic E-state index is -0.169. The van der Waals surface area contributed by atoms with Crippen LogP contribution < -0.4 is 0 Å². The molecule has 1 aliphatic heterocycles. The number of rotatable bonds is 4. The fourth-order valence-electron chi connectivity index (χ4n) is 2.40. The zero-order valence-corrected chi connectivity index (χ0v) is 10.6. The summed E-state index contributed by atoms with van der Waals surface area (Å²) >= 11 is 0. The van der Waals surface area contributed by atoms with E-state index in [-0.39, 0.29) is 12.0 Å². The SMILES string of the molecule is CC(C)n1ncnc1CC1(CO)CCCOC1. The van der Waals surface area contributed by atoms with E-state index in [4.69, 9.17) is 4.74 Å². The normalized spacial score (nSPS) is 25.4. The topological polar surface area (TPSA) is 60.2 Å². The van der Waals surface area contributed by atoms with Crippen LogP contribution >= 0.6 is 0 Å². The van der Waals surface area contributed by atoms with Crippen LogP contribution in [0.1, 0.15) is 38.6 Å². The molecular formula is C12H21N3O2. The molecule has 1 aromatic heterocycles. The third-order valence-corrected chi connectivity index (χ3v) is 3.41. The van der Waals surface area contributed by atoms with Gasteiger partial charge in [0, 0.05) is 24.5 Å². The van der Waals surface area contributed by atoms with Crippen LogP contribution in [0.2, 0.25) is 0 Å². The lowest BCUT2D eigenvalue weighted by molar-refractivity contribution is -0.0394. The highest BCUT2D eigenvalue weighted by atomic mass is 16.5. The first-order chi connectivity index (χ1) is 8.17. The Balaban J connectivity index is 2.14. The molecular weight excluding hydrogens is 218 g/mol. The summed E-state index contributed by atoms with van der Waals surface area (Å²) in [5, 5.41) is 13.9. The molecule has 1 aliphatic rings. The maximum atomic E-state index is 9.63. The van der Waals surface area contributed by atoms with E-state index < -0.39 is 0 Å². The molecule has 1 aromatic rings. The van der Waals surface area contributed by atoms with Crippen LogP contribution in [0.15, 0.2) is 6.33 Å². The van der Waals surface area contributed by atoms with E-state index in [1.807, 2.05) is 4.68 Å². The standard InChI is InChI=1S/C12H21N3O2/c1-10(2)15-11(13-9-14-15)6-12(7-16)4-3-5-17-8-12/h9-10,16H,3-8H2,1-2H3. The average molecular weight is 239 g/mol. The Morgan fingerprint density at radius 2 is 2.41 bits per heavy atom. The van der Waals surface area contributed by atoms with E-state index in [1.54, 1.807) is 6.33 Å². The van der Waals surface area contributed by atoms with Gasteiger partial charge in [0.15, 0.2) is 0 Å². The Labute approximate surface area is 102 Å². The van der Waals surface area contributed by atoms with Crippen LogP contribution in [0.3, 0.4) is 0 Å². The van der Waals surface area contributed by atoms with Gasteiger partial charge in [0.25, 0.3) is 0 Å². The van der Waals surface area contributed by atoms with Crippen molar-refractivity contribution < 1.29 is 9.84 Å². The summed E-state index contributed by atoms with van der Waals surface area (Å²) in [6.07, 6.45) is 4.33. The first kappa shape index (κ1) is 12.5. The van der Waals surface area contributed by atoms with Crippen molar-refractivity contribution in [1.82, 2.24) is 14.8 Å². The van der Waals surface area contributed by atoms with Crippen molar-refractivity contribution >= 4 is 0 Å². The van der Waals surface area contributed by atoms with Gasteiger partial charge in [0.2, 0.25) is 0 Å². The first-order valence-electron chi connectivity index (χ1n) is 6.24. The van der Waals surface area contributed by atoms with Gasteiger partial charge in [-0.25, -0.2) is 9.67 Å². The molecule has 0 aliphatic carbocycles. The largest absolute Gasteiger partial charge is 0.396 e. The molecule has 2 heterocycles. The van der Waals surface area contributed by atoms with Gasteiger partial charge in [-0.05, 0) is 26.7 Å². The predicted octanol–water partition coefficient (Wildman–Crippen LogP) is 1.19. The minimum absolute atomic E-state index is 0.151. The summed E-state index contributed by atoms with van der Waals surface area (Å²) in [6, 6.07) is 0.299. The quantitative estimate of drug-likeness (QED) is 0.857. The molecule has 5 nitrogen and oxygen atoms in total. The first-order valence-corrected chi connectivity index (χ1v) is 6.24. The molecule has 2 rings (SSSR count). The van der Waals surface area contributed by atoms with Gasteiger partial charge in [0.05, 0.1) is 13.2 Å². The lowest BCUT2D eigenvalue weighted by atomic mass is 9.80. The van der Waals surface area contributed by atoms with E-state index in [0.717, 1.165) is 31.7 Å². The van der Waals surface area contributed by atoms with Crippen LogP contribution in [0.5, 0.6) is 0 Å². The Hall–Kier alpha value is -0.940. The average Bonchev–Trinajstić information content (AvgIpc) is 2.78. The lowest BCUT2D eigenvalue weighted by Gasteiger charge is -2.35. The summed E-state index contributed by atoms with van der Waals surface area (Å²) in [6.45, 7) is 5.74. The molecule has 96 valence electrons. The Morgan fingerprint density at radius 1 is 1.59 bits per heavy atom. The van der Waals surface area contributed by atoms with Gasteiger partial charge in [-0.15, -0.1) is 0 Å². The minimum Gasteiger partial charge on any atom is -0.396 e. The van der Waals surface area contributed by atoms with E-state index >= 15 is 0 Å². The monoisotopic (exact) mass is 239 g/mol. The van der Waals surface area contributed by atoms with Gasteiger partial charge in [-0.3, -0.25) is 0 Å².